The monoisotopic (exact) mass is 360 g/mol. The average Bonchev–Trinajstić information content (AvgIpc) is 2.64. The number of hydrogen-bond acceptors (Lipinski definition) is 4. The maximum absolute atomic E-state index is 12.5. The fraction of sp³-hybridized carbons (Fsp3) is 0.278. The Morgan fingerprint density at radius 2 is 1.92 bits per heavy atom. The van der Waals surface area contributed by atoms with Crippen LogP contribution >= 0.6 is 11.6 Å². The van der Waals surface area contributed by atoms with Crippen molar-refractivity contribution >= 4 is 23.5 Å². The molecule has 0 bridgehead atoms. The van der Waals surface area contributed by atoms with Gasteiger partial charge in [0.15, 0.2) is 0 Å². The number of para-hydroxylation sites is 1. The maximum atomic E-state index is 12.5. The van der Waals surface area contributed by atoms with Gasteiger partial charge in [0.05, 0.1) is 10.6 Å². The predicted octanol–water partition coefficient (Wildman–Crippen LogP) is 3.12. The van der Waals surface area contributed by atoms with E-state index >= 15 is 0 Å². The zero-order chi connectivity index (χ0) is 17.8. The fourth-order valence-electron chi connectivity index (χ4n) is 2.74. The molecule has 0 saturated carbocycles. The first-order valence-electron chi connectivity index (χ1n) is 7.94. The Kier molecular flexibility index (Phi) is 5.19. The lowest BCUT2D eigenvalue weighted by Gasteiger charge is -2.32. The smallest absolute Gasteiger partial charge is 0.335 e. The number of aromatic nitrogens is 1. The molecule has 1 aromatic carbocycles. The summed E-state index contributed by atoms with van der Waals surface area (Å²) in [5, 5.41) is 9.58. The first-order valence-corrected chi connectivity index (χ1v) is 8.32. The van der Waals surface area contributed by atoms with E-state index in [2.05, 4.69) is 4.98 Å². The van der Waals surface area contributed by atoms with Gasteiger partial charge in [-0.05, 0) is 24.3 Å². The van der Waals surface area contributed by atoms with Gasteiger partial charge in [0.25, 0.3) is 5.91 Å². The summed E-state index contributed by atoms with van der Waals surface area (Å²) in [6.07, 6.45) is 2.68. The standard InChI is InChI=1S/C18H17ClN2O4/c19-14-3-1-2-4-16(14)25-13-6-9-21(10-7-13)17(22)15-11-12(18(23)24)5-8-20-15/h1-5,8,11,13H,6-7,9-10H2,(H,23,24). The number of rotatable bonds is 4. The van der Waals surface area contributed by atoms with Crippen LogP contribution in [0.5, 0.6) is 5.75 Å². The lowest BCUT2D eigenvalue weighted by molar-refractivity contribution is 0.0590. The third-order valence-corrected chi connectivity index (χ3v) is 4.40. The van der Waals surface area contributed by atoms with Crippen LogP contribution in [0.1, 0.15) is 33.7 Å². The van der Waals surface area contributed by atoms with Gasteiger partial charge in [-0.1, -0.05) is 23.7 Å². The van der Waals surface area contributed by atoms with Crippen molar-refractivity contribution in [2.75, 3.05) is 13.1 Å². The van der Waals surface area contributed by atoms with Crippen LogP contribution in [0, 0.1) is 0 Å². The summed E-state index contributed by atoms with van der Waals surface area (Å²) in [6, 6.07) is 9.97. The van der Waals surface area contributed by atoms with Crippen LogP contribution < -0.4 is 4.74 Å². The van der Waals surface area contributed by atoms with Gasteiger partial charge >= 0.3 is 5.97 Å². The van der Waals surface area contributed by atoms with Crippen molar-refractivity contribution in [3.05, 3.63) is 58.9 Å². The highest BCUT2D eigenvalue weighted by atomic mass is 35.5. The summed E-state index contributed by atoms with van der Waals surface area (Å²) < 4.78 is 5.91. The van der Waals surface area contributed by atoms with Crippen molar-refractivity contribution in [1.29, 1.82) is 0 Å². The first-order chi connectivity index (χ1) is 12.0. The first kappa shape index (κ1) is 17.2. The van der Waals surface area contributed by atoms with E-state index in [1.165, 1.54) is 18.3 Å². The lowest BCUT2D eigenvalue weighted by atomic mass is 10.1. The molecule has 1 N–H and O–H groups in total. The number of piperidine rings is 1. The number of likely N-dealkylation sites (tertiary alicyclic amines) is 1. The second kappa shape index (κ2) is 7.53. The molecular formula is C18H17ClN2O4. The predicted molar refractivity (Wildman–Crippen MR) is 92.2 cm³/mol. The molecule has 7 heteroatoms. The highest BCUT2D eigenvalue weighted by molar-refractivity contribution is 6.32. The zero-order valence-corrected chi connectivity index (χ0v) is 14.1. The maximum Gasteiger partial charge on any atom is 0.335 e. The van der Waals surface area contributed by atoms with Crippen molar-refractivity contribution in [3.8, 4) is 5.75 Å². The number of ether oxygens (including phenoxy) is 1. The minimum atomic E-state index is -1.08. The SMILES string of the molecule is O=C(O)c1ccnc(C(=O)N2CCC(Oc3ccccc3Cl)CC2)c1. The Balaban J connectivity index is 1.60. The molecule has 25 heavy (non-hydrogen) atoms. The molecule has 0 unspecified atom stereocenters. The molecule has 0 radical (unpaired) electrons. The summed E-state index contributed by atoms with van der Waals surface area (Å²) in [4.78, 5) is 29.2. The number of hydrogen-bond donors (Lipinski definition) is 1. The van der Waals surface area contributed by atoms with Gasteiger partial charge in [0.1, 0.15) is 17.5 Å². The number of aromatic carboxylic acids is 1. The molecule has 1 aromatic heterocycles. The van der Waals surface area contributed by atoms with Crippen molar-refractivity contribution < 1.29 is 19.4 Å². The molecular weight excluding hydrogens is 344 g/mol. The van der Waals surface area contributed by atoms with Crippen molar-refractivity contribution in [2.24, 2.45) is 0 Å². The molecule has 0 spiro atoms. The third kappa shape index (κ3) is 4.09. The Morgan fingerprint density at radius 3 is 2.60 bits per heavy atom. The topological polar surface area (TPSA) is 79.7 Å². The molecule has 1 fully saturated rings. The molecule has 2 aromatic rings. The minimum Gasteiger partial charge on any atom is -0.489 e. The van der Waals surface area contributed by atoms with Gasteiger partial charge in [-0.15, -0.1) is 0 Å². The van der Waals surface area contributed by atoms with Gasteiger partial charge in [-0.2, -0.15) is 0 Å². The Labute approximate surface area is 150 Å². The minimum absolute atomic E-state index is 0.0118. The van der Waals surface area contributed by atoms with Crippen molar-refractivity contribution in [2.45, 2.75) is 18.9 Å². The van der Waals surface area contributed by atoms with Gasteiger partial charge in [0.2, 0.25) is 0 Å². The Morgan fingerprint density at radius 1 is 1.20 bits per heavy atom. The summed E-state index contributed by atoms with van der Waals surface area (Å²) >= 11 is 6.10. The number of nitrogens with zero attached hydrogens (tertiary/aromatic N) is 2. The lowest BCUT2D eigenvalue weighted by Crippen LogP contribution is -2.42. The van der Waals surface area contributed by atoms with Crippen LogP contribution in [0.4, 0.5) is 0 Å². The van der Waals surface area contributed by atoms with Crippen LogP contribution in [-0.4, -0.2) is 46.1 Å². The van der Waals surface area contributed by atoms with Crippen LogP contribution in [0.15, 0.2) is 42.6 Å². The Bertz CT molecular complexity index is 788. The molecule has 2 heterocycles. The van der Waals surface area contributed by atoms with Gasteiger partial charge < -0.3 is 14.7 Å². The van der Waals surface area contributed by atoms with E-state index in [4.69, 9.17) is 21.4 Å². The summed E-state index contributed by atoms with van der Waals surface area (Å²) in [5.74, 6) is -0.702. The highest BCUT2D eigenvalue weighted by Gasteiger charge is 2.26. The molecule has 130 valence electrons. The van der Waals surface area contributed by atoms with E-state index in [1.54, 1.807) is 11.0 Å². The van der Waals surface area contributed by atoms with E-state index in [0.717, 1.165) is 0 Å². The summed E-state index contributed by atoms with van der Waals surface area (Å²) in [6.45, 7) is 1.04. The molecule has 3 rings (SSSR count). The summed E-state index contributed by atoms with van der Waals surface area (Å²) in [7, 11) is 0. The van der Waals surface area contributed by atoms with E-state index in [0.29, 0.717) is 36.7 Å². The quantitative estimate of drug-likeness (QED) is 0.906. The number of benzene rings is 1. The van der Waals surface area contributed by atoms with Crippen molar-refractivity contribution in [3.63, 3.8) is 0 Å². The van der Waals surface area contributed by atoms with Gasteiger partial charge in [-0.25, -0.2) is 4.79 Å². The third-order valence-electron chi connectivity index (χ3n) is 4.09. The molecule has 1 saturated heterocycles. The number of carboxylic acids is 1. The van der Waals surface area contributed by atoms with Gasteiger partial charge in [-0.3, -0.25) is 9.78 Å². The number of halogens is 1. The van der Waals surface area contributed by atoms with Crippen LogP contribution in [0.25, 0.3) is 0 Å². The second-order valence-electron chi connectivity index (χ2n) is 5.77. The van der Waals surface area contributed by atoms with E-state index < -0.39 is 5.97 Å². The number of amides is 1. The number of pyridine rings is 1. The van der Waals surface area contributed by atoms with Crippen LogP contribution in [0.3, 0.4) is 0 Å². The molecule has 0 atom stereocenters. The van der Waals surface area contributed by atoms with Crippen molar-refractivity contribution in [1.82, 2.24) is 9.88 Å². The van der Waals surface area contributed by atoms with Gasteiger partial charge in [0, 0.05) is 32.1 Å². The summed E-state index contributed by atoms with van der Waals surface area (Å²) in [5.41, 5.74) is 0.195. The molecule has 6 nitrogen and oxygen atoms in total. The van der Waals surface area contributed by atoms with Crippen LogP contribution in [-0.2, 0) is 0 Å². The fourth-order valence-corrected chi connectivity index (χ4v) is 2.92. The van der Waals surface area contributed by atoms with Crippen LogP contribution in [0.2, 0.25) is 5.02 Å². The number of carboxylic acid groups (broad SMARTS) is 1. The second-order valence-corrected chi connectivity index (χ2v) is 6.18. The largest absolute Gasteiger partial charge is 0.489 e. The molecule has 1 amide bonds. The van der Waals surface area contributed by atoms with E-state index in [9.17, 15) is 9.59 Å². The molecule has 1 aliphatic rings. The molecule has 1 aliphatic heterocycles. The zero-order valence-electron chi connectivity index (χ0n) is 13.4. The van der Waals surface area contributed by atoms with E-state index in [-0.39, 0.29) is 23.3 Å². The average molecular weight is 361 g/mol. The number of carbonyl (C=O) groups is 2. The highest BCUT2D eigenvalue weighted by Crippen LogP contribution is 2.27. The Hall–Kier alpha value is -2.60. The number of carbonyl (C=O) groups excluding carboxylic acids is 1. The van der Waals surface area contributed by atoms with E-state index in [1.807, 2.05) is 18.2 Å². The molecule has 0 aliphatic carbocycles. The normalized spacial score (nSPS) is 15.0.